The van der Waals surface area contributed by atoms with Crippen LogP contribution in [0.2, 0.25) is 0 Å². The molecule has 0 radical (unpaired) electrons. The predicted octanol–water partition coefficient (Wildman–Crippen LogP) is 2.27. The van der Waals surface area contributed by atoms with Gasteiger partial charge in [0, 0.05) is 11.4 Å². The van der Waals surface area contributed by atoms with Gasteiger partial charge in [-0.3, -0.25) is 9.36 Å². The molecule has 0 spiro atoms. The molecule has 0 saturated carbocycles. The lowest BCUT2D eigenvalue weighted by atomic mass is 10.1. The highest BCUT2D eigenvalue weighted by Crippen LogP contribution is 2.19. The van der Waals surface area contributed by atoms with E-state index in [1.165, 1.54) is 0 Å². The van der Waals surface area contributed by atoms with E-state index in [4.69, 9.17) is 5.73 Å². The fourth-order valence-corrected chi connectivity index (χ4v) is 3.01. The first-order valence-electron chi connectivity index (χ1n) is 6.41. The Morgan fingerprint density at radius 1 is 1.25 bits per heavy atom. The third-order valence-electron chi connectivity index (χ3n) is 3.25. The number of aryl methyl sites for hydroxylation is 1. The van der Waals surface area contributed by atoms with Gasteiger partial charge in [0.25, 0.3) is 5.56 Å². The van der Waals surface area contributed by atoms with Crippen LogP contribution in [0.1, 0.15) is 16.0 Å². The molecule has 3 aromatic rings. The van der Waals surface area contributed by atoms with E-state index >= 15 is 0 Å². The number of aromatic nitrogens is 2. The van der Waals surface area contributed by atoms with Gasteiger partial charge in [0.05, 0.1) is 18.3 Å². The fraction of sp³-hybridized carbons (Fsp3) is 0.200. The summed E-state index contributed by atoms with van der Waals surface area (Å²) in [5.41, 5.74) is 7.75. The molecular formula is C15H15N3OS. The van der Waals surface area contributed by atoms with Crippen molar-refractivity contribution >= 4 is 21.6 Å². The maximum atomic E-state index is 12.4. The summed E-state index contributed by atoms with van der Waals surface area (Å²) in [7, 11) is 0. The monoisotopic (exact) mass is 285 g/mol. The van der Waals surface area contributed by atoms with E-state index in [1.807, 2.05) is 37.3 Å². The average molecular weight is 285 g/mol. The molecule has 20 heavy (non-hydrogen) atoms. The molecule has 4 nitrogen and oxygen atoms in total. The molecule has 2 heterocycles. The highest BCUT2D eigenvalue weighted by atomic mass is 32.1. The molecule has 0 fully saturated rings. The minimum atomic E-state index is 0.0160. The zero-order valence-corrected chi connectivity index (χ0v) is 12.0. The Bertz CT molecular complexity index is 802. The summed E-state index contributed by atoms with van der Waals surface area (Å²) in [6, 6.07) is 9.88. The molecule has 5 heteroatoms. The molecule has 0 aliphatic heterocycles. The number of benzene rings is 1. The van der Waals surface area contributed by atoms with Crippen molar-refractivity contribution in [1.82, 2.24) is 9.55 Å². The van der Waals surface area contributed by atoms with E-state index in [2.05, 4.69) is 4.98 Å². The molecule has 0 unspecified atom stereocenters. The second-order valence-electron chi connectivity index (χ2n) is 4.77. The summed E-state index contributed by atoms with van der Waals surface area (Å²) in [6.07, 6.45) is 1.62. The van der Waals surface area contributed by atoms with Crippen molar-refractivity contribution in [1.29, 1.82) is 0 Å². The lowest BCUT2D eigenvalue weighted by molar-refractivity contribution is 0.749. The molecule has 0 amide bonds. The highest BCUT2D eigenvalue weighted by molar-refractivity contribution is 7.18. The smallest absolute Gasteiger partial charge is 0.262 e. The van der Waals surface area contributed by atoms with Gasteiger partial charge in [-0.2, -0.15) is 0 Å². The van der Waals surface area contributed by atoms with Gasteiger partial charge < -0.3 is 5.73 Å². The summed E-state index contributed by atoms with van der Waals surface area (Å²) in [4.78, 5) is 18.6. The first kappa shape index (κ1) is 13.0. The van der Waals surface area contributed by atoms with Crippen LogP contribution in [0.4, 0.5) is 0 Å². The third-order valence-corrected chi connectivity index (χ3v) is 4.21. The van der Waals surface area contributed by atoms with Gasteiger partial charge in [0.2, 0.25) is 0 Å². The molecule has 2 aromatic heterocycles. The van der Waals surface area contributed by atoms with Crippen molar-refractivity contribution in [2.24, 2.45) is 5.73 Å². The summed E-state index contributed by atoms with van der Waals surface area (Å²) >= 11 is 1.55. The van der Waals surface area contributed by atoms with Gasteiger partial charge in [-0.1, -0.05) is 24.3 Å². The maximum absolute atomic E-state index is 12.4. The van der Waals surface area contributed by atoms with Crippen LogP contribution in [0.3, 0.4) is 0 Å². The number of nitrogens with zero attached hydrogens (tertiary/aromatic N) is 2. The summed E-state index contributed by atoms with van der Waals surface area (Å²) in [5, 5.41) is 0.702. The molecule has 0 aliphatic carbocycles. The Kier molecular flexibility index (Phi) is 3.38. The minimum Gasteiger partial charge on any atom is -0.326 e. The lowest BCUT2D eigenvalue weighted by Gasteiger charge is -2.06. The van der Waals surface area contributed by atoms with Crippen molar-refractivity contribution in [2.45, 2.75) is 20.0 Å². The third kappa shape index (κ3) is 2.37. The van der Waals surface area contributed by atoms with E-state index in [-0.39, 0.29) is 5.56 Å². The van der Waals surface area contributed by atoms with Gasteiger partial charge in [0.1, 0.15) is 4.83 Å². The van der Waals surface area contributed by atoms with Gasteiger partial charge in [-0.05, 0) is 24.1 Å². The molecule has 102 valence electrons. The number of thiophene rings is 1. The van der Waals surface area contributed by atoms with Gasteiger partial charge in [-0.15, -0.1) is 11.3 Å². The Balaban J connectivity index is 1.97. The van der Waals surface area contributed by atoms with Crippen molar-refractivity contribution in [3.63, 3.8) is 0 Å². The summed E-state index contributed by atoms with van der Waals surface area (Å²) in [5.74, 6) is 0. The molecule has 0 atom stereocenters. The summed E-state index contributed by atoms with van der Waals surface area (Å²) < 4.78 is 1.64. The number of hydrogen-bond acceptors (Lipinski definition) is 4. The van der Waals surface area contributed by atoms with E-state index in [0.29, 0.717) is 18.5 Å². The second kappa shape index (κ2) is 5.19. The van der Waals surface area contributed by atoms with Crippen molar-refractivity contribution in [2.75, 3.05) is 0 Å². The molecule has 0 saturated heterocycles. The van der Waals surface area contributed by atoms with Crippen LogP contribution in [-0.2, 0) is 13.1 Å². The molecule has 0 bridgehead atoms. The largest absolute Gasteiger partial charge is 0.326 e. The van der Waals surface area contributed by atoms with Crippen LogP contribution in [0, 0.1) is 6.92 Å². The zero-order valence-electron chi connectivity index (χ0n) is 11.2. The standard InChI is InChI=1S/C15H15N3OS/c1-10-6-13-14(20-10)17-9-18(15(13)19)8-12-4-2-11(7-16)3-5-12/h2-6,9H,7-8,16H2,1H3. The minimum absolute atomic E-state index is 0.0160. The van der Waals surface area contributed by atoms with Crippen LogP contribution in [0.5, 0.6) is 0 Å². The SMILES string of the molecule is Cc1cc2c(=O)n(Cc3ccc(CN)cc3)cnc2s1. The Hall–Kier alpha value is -1.98. The van der Waals surface area contributed by atoms with Crippen LogP contribution in [0.15, 0.2) is 41.5 Å². The van der Waals surface area contributed by atoms with E-state index < -0.39 is 0 Å². The van der Waals surface area contributed by atoms with Gasteiger partial charge in [0.15, 0.2) is 0 Å². The second-order valence-corrected chi connectivity index (χ2v) is 6.01. The van der Waals surface area contributed by atoms with Crippen LogP contribution in [0.25, 0.3) is 10.2 Å². The number of fused-ring (bicyclic) bond motifs is 1. The molecule has 3 rings (SSSR count). The normalized spacial score (nSPS) is 11.1. The summed E-state index contributed by atoms with van der Waals surface area (Å²) in [6.45, 7) is 3.05. The number of nitrogens with two attached hydrogens (primary N) is 1. The van der Waals surface area contributed by atoms with Crippen LogP contribution >= 0.6 is 11.3 Å². The topological polar surface area (TPSA) is 60.9 Å². The molecular weight excluding hydrogens is 270 g/mol. The Morgan fingerprint density at radius 3 is 2.65 bits per heavy atom. The lowest BCUT2D eigenvalue weighted by Crippen LogP contribution is -2.20. The van der Waals surface area contributed by atoms with Crippen molar-refractivity contribution < 1.29 is 0 Å². The quantitative estimate of drug-likeness (QED) is 0.803. The zero-order chi connectivity index (χ0) is 14.1. The first-order valence-corrected chi connectivity index (χ1v) is 7.22. The Morgan fingerprint density at radius 2 is 1.95 bits per heavy atom. The van der Waals surface area contributed by atoms with Gasteiger partial charge in [-0.25, -0.2) is 4.98 Å². The first-order chi connectivity index (χ1) is 9.67. The highest BCUT2D eigenvalue weighted by Gasteiger charge is 2.07. The van der Waals surface area contributed by atoms with Gasteiger partial charge >= 0.3 is 0 Å². The number of hydrogen-bond donors (Lipinski definition) is 1. The van der Waals surface area contributed by atoms with E-state index in [0.717, 1.165) is 20.8 Å². The predicted molar refractivity (Wildman–Crippen MR) is 82.1 cm³/mol. The van der Waals surface area contributed by atoms with E-state index in [9.17, 15) is 4.79 Å². The molecule has 2 N–H and O–H groups in total. The number of rotatable bonds is 3. The maximum Gasteiger partial charge on any atom is 0.262 e. The molecule has 0 aliphatic rings. The van der Waals surface area contributed by atoms with E-state index in [1.54, 1.807) is 22.2 Å². The van der Waals surface area contributed by atoms with Crippen LogP contribution in [-0.4, -0.2) is 9.55 Å². The van der Waals surface area contributed by atoms with Crippen molar-refractivity contribution in [3.8, 4) is 0 Å². The molecule has 1 aromatic carbocycles. The van der Waals surface area contributed by atoms with Crippen LogP contribution < -0.4 is 11.3 Å². The van der Waals surface area contributed by atoms with Crippen molar-refractivity contribution in [3.05, 3.63) is 63.0 Å². The fourth-order valence-electron chi connectivity index (χ4n) is 2.17. The Labute approximate surface area is 120 Å². The average Bonchev–Trinajstić information content (AvgIpc) is 2.84.